The molecule has 9 rings (SSSR count). The number of hydrogen-bond donors (Lipinski definition) is 0. The van der Waals surface area contributed by atoms with Gasteiger partial charge in [-0.1, -0.05) is 158 Å². The Bertz CT molecular complexity index is 3060. The van der Waals surface area contributed by atoms with Gasteiger partial charge >= 0.3 is 0 Å². The standard InChI is InChI=1S/C45H40B11N3O/c46-30-25(26-32(48)33(49)27-28-34(50)38(54)39(55)40(56)42(28)60-41(27)37(26)53)31(47)36(52)29(35(30)51)45-58-43(23-15-11-21(12-16-23)19-7-3-1-4-8-19)57-44(59-45)24-17-13-22(14-18-24)20-9-5-2-6-10-20/h1-18H,46-56H2. The zero-order valence-electron chi connectivity index (χ0n) is 36.6. The molecule has 0 aliphatic carbocycles. The normalized spacial score (nSPS) is 11.4. The predicted octanol–water partition coefficient (Wildman–Crippen LogP) is -7.38. The van der Waals surface area contributed by atoms with Crippen molar-refractivity contribution in [2.45, 2.75) is 0 Å². The number of fused-ring (bicyclic) bond motifs is 3. The minimum absolute atomic E-state index is 0.647. The highest BCUT2D eigenvalue weighted by atomic mass is 16.3. The molecule has 0 spiro atoms. The minimum Gasteiger partial charge on any atom is -0.457 e. The maximum absolute atomic E-state index is 6.91. The van der Waals surface area contributed by atoms with Gasteiger partial charge in [-0.15, -0.1) is 5.46 Å². The van der Waals surface area contributed by atoms with E-state index in [-0.39, 0.29) is 0 Å². The number of rotatable bonds is 6. The van der Waals surface area contributed by atoms with Gasteiger partial charge in [0.25, 0.3) is 0 Å². The van der Waals surface area contributed by atoms with Crippen LogP contribution in [0.15, 0.2) is 114 Å². The third-order valence-corrected chi connectivity index (χ3v) is 13.6. The van der Waals surface area contributed by atoms with Crippen molar-refractivity contribution in [2.24, 2.45) is 0 Å². The molecule has 4 nitrogen and oxygen atoms in total. The lowest BCUT2D eigenvalue weighted by atomic mass is 9.59. The van der Waals surface area contributed by atoms with Crippen LogP contribution in [0.1, 0.15) is 0 Å². The molecule has 15 heteroatoms. The van der Waals surface area contributed by atoms with Crippen molar-refractivity contribution in [3.8, 4) is 67.5 Å². The number of furan rings is 1. The van der Waals surface area contributed by atoms with Crippen molar-refractivity contribution in [1.29, 1.82) is 0 Å². The van der Waals surface area contributed by atoms with Crippen LogP contribution in [0.3, 0.4) is 0 Å². The van der Waals surface area contributed by atoms with Gasteiger partial charge in [0.05, 0.1) is 0 Å². The summed E-state index contributed by atoms with van der Waals surface area (Å²) in [6.45, 7) is 0. The first-order valence-corrected chi connectivity index (χ1v) is 21.0. The SMILES string of the molecule is Bc1c(B)c(-c2c(B)c(B)c3c(oc4c(B)c(B)c(B)c(B)c43)c2B)c(B)c(B)c1-c1nc(-c2ccc(-c3ccccc3)cc2)nc(-c2ccc(-c3ccccc3)cc2)n1. The molecule has 0 aliphatic rings. The Morgan fingerprint density at radius 3 is 1.05 bits per heavy atom. The quantitative estimate of drug-likeness (QED) is 0.159. The molecular weight excluding hydrogens is 717 g/mol. The number of nitrogens with zero attached hydrogens (tertiary/aromatic N) is 3. The van der Waals surface area contributed by atoms with Gasteiger partial charge in [-0.25, -0.2) is 15.0 Å². The van der Waals surface area contributed by atoms with Crippen LogP contribution in [0.25, 0.3) is 89.5 Å². The van der Waals surface area contributed by atoms with E-state index < -0.39 is 0 Å². The first-order chi connectivity index (χ1) is 28.8. The van der Waals surface area contributed by atoms with Crippen molar-refractivity contribution in [2.75, 3.05) is 0 Å². The van der Waals surface area contributed by atoms with E-state index in [1.807, 2.05) is 12.1 Å². The fraction of sp³-hybridized carbons (Fsp3) is 0. The molecule has 0 aliphatic heterocycles. The Kier molecular flexibility index (Phi) is 10.1. The van der Waals surface area contributed by atoms with Gasteiger partial charge < -0.3 is 4.42 Å². The van der Waals surface area contributed by atoms with Crippen LogP contribution < -0.4 is 60.1 Å². The van der Waals surface area contributed by atoms with E-state index in [0.717, 1.165) is 49.9 Å². The molecule has 0 radical (unpaired) electrons. The zero-order chi connectivity index (χ0) is 42.1. The lowest BCUT2D eigenvalue weighted by Crippen LogP contribution is -2.48. The molecule has 0 bridgehead atoms. The van der Waals surface area contributed by atoms with Crippen LogP contribution >= 0.6 is 0 Å². The Morgan fingerprint density at radius 2 is 0.583 bits per heavy atom. The molecule has 0 fully saturated rings. The minimum atomic E-state index is 0.647. The van der Waals surface area contributed by atoms with Crippen LogP contribution in [0.4, 0.5) is 0 Å². The molecule has 2 aromatic heterocycles. The largest absolute Gasteiger partial charge is 0.457 e. The third-order valence-electron chi connectivity index (χ3n) is 13.6. The Balaban J connectivity index is 1.23. The molecule has 0 atom stereocenters. The van der Waals surface area contributed by atoms with E-state index >= 15 is 0 Å². The first-order valence-electron chi connectivity index (χ1n) is 21.0. The van der Waals surface area contributed by atoms with Gasteiger partial charge in [0, 0.05) is 27.5 Å². The van der Waals surface area contributed by atoms with Gasteiger partial charge in [-0.2, -0.15) is 0 Å². The molecule has 7 aromatic carbocycles. The summed E-state index contributed by atoms with van der Waals surface area (Å²) in [6, 6.07) is 38.0. The summed E-state index contributed by atoms with van der Waals surface area (Å²) in [5.74, 6) is 1.97. The van der Waals surface area contributed by atoms with Crippen molar-refractivity contribution in [3.05, 3.63) is 109 Å². The van der Waals surface area contributed by atoms with Crippen molar-refractivity contribution in [3.63, 3.8) is 0 Å². The molecule has 2 heterocycles. The summed E-state index contributed by atoms with van der Waals surface area (Å²) in [5.41, 5.74) is 25.8. The summed E-state index contributed by atoms with van der Waals surface area (Å²) in [5, 5.41) is 2.49. The highest BCUT2D eigenvalue weighted by Crippen LogP contribution is 2.29. The van der Waals surface area contributed by atoms with Crippen LogP contribution in [0, 0.1) is 0 Å². The van der Waals surface area contributed by atoms with E-state index in [1.165, 1.54) is 82.2 Å². The van der Waals surface area contributed by atoms with E-state index in [1.54, 1.807) is 0 Å². The first kappa shape index (κ1) is 39.5. The molecule has 60 heavy (non-hydrogen) atoms. The fourth-order valence-electron chi connectivity index (χ4n) is 9.39. The smallest absolute Gasteiger partial charge is 0.164 e. The predicted molar refractivity (Wildman–Crippen MR) is 290 cm³/mol. The maximum Gasteiger partial charge on any atom is 0.164 e. The van der Waals surface area contributed by atoms with Crippen LogP contribution in [-0.4, -0.2) is 101 Å². The number of aromatic nitrogens is 3. The van der Waals surface area contributed by atoms with Gasteiger partial charge in [-0.3, -0.25) is 0 Å². The summed E-state index contributed by atoms with van der Waals surface area (Å²) in [4.78, 5) is 15.7. The van der Waals surface area contributed by atoms with Crippen LogP contribution in [-0.2, 0) is 0 Å². The van der Waals surface area contributed by atoms with Gasteiger partial charge in [0.2, 0.25) is 0 Å². The van der Waals surface area contributed by atoms with E-state index in [0.29, 0.717) is 17.5 Å². The Morgan fingerprint density at radius 1 is 0.267 bits per heavy atom. The highest BCUT2D eigenvalue weighted by molar-refractivity contribution is 6.70. The molecule has 0 N–H and O–H groups in total. The van der Waals surface area contributed by atoms with E-state index in [4.69, 9.17) is 19.4 Å². The third kappa shape index (κ3) is 6.36. The second-order valence-electron chi connectivity index (χ2n) is 16.7. The van der Waals surface area contributed by atoms with Gasteiger partial charge in [-0.05, 0) is 38.8 Å². The van der Waals surface area contributed by atoms with Crippen molar-refractivity contribution >= 4 is 168 Å². The average Bonchev–Trinajstić information content (AvgIpc) is 3.70. The van der Waals surface area contributed by atoms with Gasteiger partial charge in [0.1, 0.15) is 97.5 Å². The lowest BCUT2D eigenvalue weighted by molar-refractivity contribution is 0.675. The Labute approximate surface area is 362 Å². The monoisotopic (exact) mass is 759 g/mol. The second-order valence-corrected chi connectivity index (χ2v) is 16.7. The molecule has 0 saturated carbocycles. The van der Waals surface area contributed by atoms with Crippen LogP contribution in [0.2, 0.25) is 0 Å². The highest BCUT2D eigenvalue weighted by Gasteiger charge is 2.26. The van der Waals surface area contributed by atoms with Crippen LogP contribution in [0.5, 0.6) is 0 Å². The maximum atomic E-state index is 6.91. The molecule has 0 amide bonds. The molecule has 274 valence electrons. The summed E-state index contributed by atoms with van der Waals surface area (Å²) in [7, 11) is 24.6. The molecule has 0 unspecified atom stereocenters. The fourth-order valence-corrected chi connectivity index (χ4v) is 9.39. The van der Waals surface area contributed by atoms with Crippen molar-refractivity contribution in [1.82, 2.24) is 15.0 Å². The summed E-state index contributed by atoms with van der Waals surface area (Å²) in [6.07, 6.45) is 0. The number of benzene rings is 7. The average molecular weight is 758 g/mol. The zero-order valence-corrected chi connectivity index (χ0v) is 36.6. The Hall–Kier alpha value is -5.94. The second kappa shape index (κ2) is 15.3. The van der Waals surface area contributed by atoms with Gasteiger partial charge in [0.15, 0.2) is 17.5 Å². The van der Waals surface area contributed by atoms with E-state index in [9.17, 15) is 0 Å². The van der Waals surface area contributed by atoms with Crippen molar-refractivity contribution < 1.29 is 4.42 Å². The summed E-state index contributed by atoms with van der Waals surface area (Å²) < 4.78 is 6.91. The molecular formula is C45H40B11N3O. The topological polar surface area (TPSA) is 51.8 Å². The molecule has 0 saturated heterocycles. The molecule has 9 aromatic rings. The lowest BCUT2D eigenvalue weighted by Gasteiger charge is -2.25. The summed E-state index contributed by atoms with van der Waals surface area (Å²) >= 11 is 0. The van der Waals surface area contributed by atoms with E-state index in [2.05, 4.69) is 183 Å². The number of hydrogen-bond acceptors (Lipinski definition) is 4.